The number of benzene rings is 2. The largest absolute Gasteiger partial charge is 0.463 e. The molecule has 0 aliphatic carbocycles. The Hall–Kier alpha value is -2.77. The molecule has 3 aromatic rings. The Balaban J connectivity index is 1.21. The second kappa shape index (κ2) is 9.79. The van der Waals surface area contributed by atoms with Gasteiger partial charge >= 0.3 is 6.09 Å². The third kappa shape index (κ3) is 4.69. The molecule has 0 spiro atoms. The van der Waals surface area contributed by atoms with Gasteiger partial charge in [-0.3, -0.25) is 0 Å². The number of rotatable bonds is 5. The Morgan fingerprint density at radius 2 is 1.88 bits per heavy atom. The van der Waals surface area contributed by atoms with Gasteiger partial charge in [0.1, 0.15) is 12.4 Å². The fourth-order valence-electron chi connectivity index (χ4n) is 4.28. The topological polar surface area (TPSA) is 51.2 Å². The minimum Gasteiger partial charge on any atom is -0.463 e. The zero-order valence-electron chi connectivity index (χ0n) is 18.1. The zero-order chi connectivity index (χ0) is 21.8. The molecule has 3 heterocycles. The summed E-state index contributed by atoms with van der Waals surface area (Å²) in [5.41, 5.74) is 2.19. The number of nitrogens with zero attached hydrogens (tertiary/aromatic N) is 2. The van der Waals surface area contributed by atoms with Gasteiger partial charge in [-0.1, -0.05) is 30.3 Å². The highest BCUT2D eigenvalue weighted by molar-refractivity contribution is 7.17. The minimum absolute atomic E-state index is 0.148. The normalized spacial score (nSPS) is 19.2. The van der Waals surface area contributed by atoms with Crippen LogP contribution in [0, 0.1) is 0 Å². The molecule has 0 radical (unpaired) electrons. The fraction of sp³-hybridized carbons (Fsp3) is 0.400. The summed E-state index contributed by atoms with van der Waals surface area (Å²) in [6.45, 7) is 3.92. The van der Waals surface area contributed by atoms with Gasteiger partial charge in [0, 0.05) is 43.7 Å². The van der Waals surface area contributed by atoms with Gasteiger partial charge in [-0.05, 0) is 42.0 Å². The molecule has 2 aliphatic rings. The van der Waals surface area contributed by atoms with Crippen LogP contribution >= 0.6 is 11.3 Å². The van der Waals surface area contributed by atoms with Crippen LogP contribution in [0.1, 0.15) is 24.8 Å². The molecule has 2 aliphatic heterocycles. The fourth-order valence-corrected chi connectivity index (χ4v) is 5.15. The summed E-state index contributed by atoms with van der Waals surface area (Å²) >= 11 is 1.70. The van der Waals surface area contributed by atoms with Crippen LogP contribution in [0.3, 0.4) is 0 Å². The smallest absolute Gasteiger partial charge is 0.410 e. The summed E-state index contributed by atoms with van der Waals surface area (Å²) in [6.07, 6.45) is 2.81. The Labute approximate surface area is 192 Å². The van der Waals surface area contributed by atoms with Crippen molar-refractivity contribution in [2.45, 2.75) is 32.2 Å². The standard InChI is InChI=1S/C25H28N2O4S/c28-25(30-18-19-6-2-1-3-7-19)27-14-12-26(13-15-27)21-9-10-22(24-20(21)11-17-32-24)31-23-8-4-5-16-29-23/h1-3,6-7,9-11,17,23H,4-5,8,12-16,18H2. The van der Waals surface area contributed by atoms with E-state index in [0.717, 1.165) is 55.0 Å². The number of carbonyl (C=O) groups excluding carboxylic acids is 1. The molecule has 0 N–H and O–H groups in total. The van der Waals surface area contributed by atoms with E-state index in [1.54, 1.807) is 16.2 Å². The van der Waals surface area contributed by atoms with Crippen molar-refractivity contribution in [3.63, 3.8) is 0 Å². The molecule has 2 fully saturated rings. The number of hydrogen-bond acceptors (Lipinski definition) is 6. The van der Waals surface area contributed by atoms with Crippen LogP contribution in [0.5, 0.6) is 5.75 Å². The average molecular weight is 453 g/mol. The molecule has 32 heavy (non-hydrogen) atoms. The summed E-state index contributed by atoms with van der Waals surface area (Å²) in [5, 5.41) is 3.31. The molecule has 0 saturated carbocycles. The number of ether oxygens (including phenoxy) is 3. The van der Waals surface area contributed by atoms with E-state index in [9.17, 15) is 4.79 Å². The molecule has 7 heteroatoms. The maximum absolute atomic E-state index is 12.5. The number of thiophene rings is 1. The molecular weight excluding hydrogens is 424 g/mol. The first-order valence-corrected chi connectivity index (χ1v) is 12.1. The second-order valence-corrected chi connectivity index (χ2v) is 9.09. The lowest BCUT2D eigenvalue weighted by molar-refractivity contribution is -0.105. The van der Waals surface area contributed by atoms with E-state index in [1.165, 1.54) is 11.1 Å². The van der Waals surface area contributed by atoms with E-state index in [4.69, 9.17) is 14.2 Å². The summed E-state index contributed by atoms with van der Waals surface area (Å²) in [6, 6.07) is 16.1. The van der Waals surface area contributed by atoms with Crippen molar-refractivity contribution in [2.75, 3.05) is 37.7 Å². The number of carbonyl (C=O) groups is 1. The van der Waals surface area contributed by atoms with Crippen molar-refractivity contribution >= 4 is 33.2 Å². The molecule has 1 unspecified atom stereocenters. The first kappa shape index (κ1) is 21.1. The zero-order valence-corrected chi connectivity index (χ0v) is 18.9. The Bertz CT molecular complexity index is 1040. The van der Waals surface area contributed by atoms with Gasteiger partial charge in [0.15, 0.2) is 6.29 Å². The number of anilines is 1. The van der Waals surface area contributed by atoms with E-state index >= 15 is 0 Å². The van der Waals surface area contributed by atoms with Gasteiger partial charge in [-0.15, -0.1) is 11.3 Å². The Morgan fingerprint density at radius 3 is 2.66 bits per heavy atom. The predicted molar refractivity (Wildman–Crippen MR) is 126 cm³/mol. The van der Waals surface area contributed by atoms with E-state index in [0.29, 0.717) is 19.7 Å². The molecule has 6 nitrogen and oxygen atoms in total. The predicted octanol–water partition coefficient (Wildman–Crippen LogP) is 5.27. The maximum Gasteiger partial charge on any atom is 0.410 e. The SMILES string of the molecule is O=C(OCc1ccccc1)N1CCN(c2ccc(OC3CCCCO3)c3sccc23)CC1. The van der Waals surface area contributed by atoms with Gasteiger partial charge in [-0.2, -0.15) is 0 Å². The lowest BCUT2D eigenvalue weighted by Crippen LogP contribution is -2.49. The van der Waals surface area contributed by atoms with Crippen LogP contribution < -0.4 is 9.64 Å². The summed E-state index contributed by atoms with van der Waals surface area (Å²) in [5.74, 6) is 0.897. The van der Waals surface area contributed by atoms with Crippen molar-refractivity contribution in [2.24, 2.45) is 0 Å². The average Bonchev–Trinajstić information content (AvgIpc) is 3.35. The van der Waals surface area contributed by atoms with Crippen LogP contribution in [-0.4, -0.2) is 50.1 Å². The van der Waals surface area contributed by atoms with Gasteiger partial charge in [-0.25, -0.2) is 4.79 Å². The molecule has 2 saturated heterocycles. The summed E-state index contributed by atoms with van der Waals surface area (Å²) in [7, 11) is 0. The van der Waals surface area contributed by atoms with E-state index in [1.807, 2.05) is 30.3 Å². The lowest BCUT2D eigenvalue weighted by atomic mass is 10.1. The van der Waals surface area contributed by atoms with Gasteiger partial charge < -0.3 is 24.0 Å². The molecule has 0 bridgehead atoms. The van der Waals surface area contributed by atoms with E-state index < -0.39 is 0 Å². The summed E-state index contributed by atoms with van der Waals surface area (Å²) < 4.78 is 18.6. The maximum atomic E-state index is 12.5. The van der Waals surface area contributed by atoms with Crippen molar-refractivity contribution in [1.29, 1.82) is 0 Å². The molecule has 2 aromatic carbocycles. The molecule has 168 valence electrons. The number of fused-ring (bicyclic) bond motifs is 1. The highest BCUT2D eigenvalue weighted by atomic mass is 32.1. The molecule has 5 rings (SSSR count). The van der Waals surface area contributed by atoms with Gasteiger partial charge in [0.05, 0.1) is 11.3 Å². The number of amides is 1. The first-order valence-electron chi connectivity index (χ1n) is 11.3. The van der Waals surface area contributed by atoms with Crippen LogP contribution in [0.25, 0.3) is 10.1 Å². The highest BCUT2D eigenvalue weighted by Crippen LogP contribution is 2.39. The lowest BCUT2D eigenvalue weighted by Gasteiger charge is -2.36. The Kier molecular flexibility index (Phi) is 6.46. The van der Waals surface area contributed by atoms with Crippen molar-refractivity contribution in [3.05, 3.63) is 59.5 Å². The monoisotopic (exact) mass is 452 g/mol. The number of hydrogen-bond donors (Lipinski definition) is 0. The van der Waals surface area contributed by atoms with Crippen molar-refractivity contribution < 1.29 is 19.0 Å². The van der Waals surface area contributed by atoms with Crippen LogP contribution in [0.15, 0.2) is 53.9 Å². The third-order valence-corrected chi connectivity index (χ3v) is 6.97. The molecule has 1 amide bonds. The molecular formula is C25H28N2O4S. The van der Waals surface area contributed by atoms with Crippen molar-refractivity contribution in [1.82, 2.24) is 4.90 Å². The quantitative estimate of drug-likeness (QED) is 0.528. The Morgan fingerprint density at radius 1 is 1.03 bits per heavy atom. The minimum atomic E-state index is -0.245. The van der Waals surface area contributed by atoms with Gasteiger partial charge in [0.25, 0.3) is 0 Å². The third-order valence-electron chi connectivity index (χ3n) is 6.04. The van der Waals surface area contributed by atoms with Crippen LogP contribution in [-0.2, 0) is 16.1 Å². The number of piperazine rings is 1. The van der Waals surface area contributed by atoms with Crippen LogP contribution in [0.4, 0.5) is 10.5 Å². The van der Waals surface area contributed by atoms with Crippen LogP contribution in [0.2, 0.25) is 0 Å². The van der Waals surface area contributed by atoms with E-state index in [-0.39, 0.29) is 12.4 Å². The van der Waals surface area contributed by atoms with Crippen molar-refractivity contribution in [3.8, 4) is 5.75 Å². The molecule has 1 aromatic heterocycles. The highest BCUT2D eigenvalue weighted by Gasteiger charge is 2.25. The van der Waals surface area contributed by atoms with E-state index in [2.05, 4.69) is 28.5 Å². The van der Waals surface area contributed by atoms with Gasteiger partial charge in [0.2, 0.25) is 0 Å². The first-order chi connectivity index (χ1) is 15.8. The molecule has 1 atom stereocenters. The summed E-state index contributed by atoms with van der Waals surface area (Å²) in [4.78, 5) is 16.6. The second-order valence-electron chi connectivity index (χ2n) is 8.17.